The average molecular weight is 250 g/mol. The Bertz CT molecular complexity index is 405. The second-order valence-electron chi connectivity index (χ2n) is 5.64. The van der Waals surface area contributed by atoms with Crippen molar-refractivity contribution < 1.29 is 9.53 Å². The normalized spacial score (nSPS) is 11.4. The van der Waals surface area contributed by atoms with Crippen molar-refractivity contribution in [2.45, 2.75) is 39.0 Å². The van der Waals surface area contributed by atoms with Gasteiger partial charge in [-0.2, -0.15) is 0 Å². The van der Waals surface area contributed by atoms with Crippen molar-refractivity contribution in [3.8, 4) is 5.75 Å². The number of aryl methyl sites for hydroxylation is 1. The fourth-order valence-corrected chi connectivity index (χ4v) is 2.78. The van der Waals surface area contributed by atoms with Crippen LogP contribution in [0.3, 0.4) is 0 Å². The lowest BCUT2D eigenvalue weighted by Crippen LogP contribution is -2.20. The van der Waals surface area contributed by atoms with Crippen LogP contribution in [0.15, 0.2) is 18.2 Å². The summed E-state index contributed by atoms with van der Waals surface area (Å²) in [7, 11) is 0.580. The second kappa shape index (κ2) is 5.49. The minimum Gasteiger partial charge on any atom is -0.497 e. The van der Waals surface area contributed by atoms with Crippen molar-refractivity contribution in [1.29, 1.82) is 0 Å². The quantitative estimate of drug-likeness (QED) is 0.587. The summed E-state index contributed by atoms with van der Waals surface area (Å²) >= 11 is 0. The zero-order valence-corrected chi connectivity index (χ0v) is 12.5. The Kier molecular flexibility index (Phi) is 4.51. The van der Waals surface area contributed by atoms with E-state index in [4.69, 9.17) is 4.74 Å². The van der Waals surface area contributed by atoms with E-state index in [9.17, 15) is 4.79 Å². The minimum atomic E-state index is -1.08. The lowest BCUT2D eigenvalue weighted by molar-refractivity contribution is 0.101. The minimum absolute atomic E-state index is 0.137. The number of rotatable bonds is 5. The molecule has 3 heteroatoms. The number of methoxy groups -OCH3 is 1. The van der Waals surface area contributed by atoms with E-state index in [1.807, 2.05) is 18.2 Å². The summed E-state index contributed by atoms with van der Waals surface area (Å²) in [5.41, 5.74) is 1.96. The number of Topliss-reactive ketones (excluding diaryl/α,β-unsaturated/α-hetero) is 1. The molecule has 0 unspecified atom stereocenters. The molecule has 0 N–H and O–H groups in total. The Morgan fingerprint density at radius 3 is 2.41 bits per heavy atom. The largest absolute Gasteiger partial charge is 0.497 e. The first kappa shape index (κ1) is 14.0. The summed E-state index contributed by atoms with van der Waals surface area (Å²) in [6, 6.07) is 6.92. The van der Waals surface area contributed by atoms with Gasteiger partial charge < -0.3 is 4.74 Å². The van der Waals surface area contributed by atoms with Crippen LogP contribution in [0.1, 0.15) is 22.8 Å². The van der Waals surface area contributed by atoms with Gasteiger partial charge in [-0.05, 0) is 37.1 Å². The van der Waals surface area contributed by atoms with Gasteiger partial charge in [0.25, 0.3) is 0 Å². The van der Waals surface area contributed by atoms with Crippen molar-refractivity contribution in [2.24, 2.45) is 0 Å². The van der Waals surface area contributed by atoms with Gasteiger partial charge in [-0.15, -0.1) is 0 Å². The van der Waals surface area contributed by atoms with Gasteiger partial charge in [0.15, 0.2) is 5.78 Å². The Hall–Kier alpha value is -1.09. The molecule has 0 aliphatic rings. The van der Waals surface area contributed by atoms with Crippen LogP contribution >= 0.6 is 0 Å². The summed E-state index contributed by atoms with van der Waals surface area (Å²) < 4.78 is 5.22. The lowest BCUT2D eigenvalue weighted by atomic mass is 10.0. The van der Waals surface area contributed by atoms with Gasteiger partial charge in [-0.3, -0.25) is 4.79 Å². The molecule has 0 fully saturated rings. The van der Waals surface area contributed by atoms with Crippen LogP contribution in [0.5, 0.6) is 5.75 Å². The molecule has 0 saturated heterocycles. The number of benzene rings is 1. The van der Waals surface area contributed by atoms with Gasteiger partial charge in [0, 0.05) is 13.6 Å². The highest BCUT2D eigenvalue weighted by atomic mass is 28.3. The number of hydrogen-bond acceptors (Lipinski definition) is 2. The molecule has 1 rings (SSSR count). The molecule has 0 atom stereocenters. The van der Waals surface area contributed by atoms with Gasteiger partial charge in [0.05, 0.1) is 7.11 Å². The molecule has 2 nitrogen and oxygen atoms in total. The van der Waals surface area contributed by atoms with E-state index in [2.05, 4.69) is 19.6 Å². The summed E-state index contributed by atoms with van der Waals surface area (Å²) in [4.78, 5) is 11.6. The van der Waals surface area contributed by atoms with E-state index in [0.29, 0.717) is 0 Å². The molecule has 0 radical (unpaired) electrons. The summed E-state index contributed by atoms with van der Waals surface area (Å²) in [6.07, 6.45) is 0.974. The van der Waals surface area contributed by atoms with E-state index < -0.39 is 8.07 Å². The van der Waals surface area contributed by atoms with Gasteiger partial charge >= 0.3 is 0 Å². The van der Waals surface area contributed by atoms with Crippen molar-refractivity contribution in [3.05, 3.63) is 29.3 Å². The number of carbonyl (C=O) groups is 1. The zero-order valence-electron chi connectivity index (χ0n) is 11.5. The zero-order chi connectivity index (χ0) is 13.1. The Morgan fingerprint density at radius 1 is 1.29 bits per heavy atom. The van der Waals surface area contributed by atoms with Crippen molar-refractivity contribution in [3.63, 3.8) is 0 Å². The number of ether oxygens (including phenoxy) is 1. The maximum absolute atomic E-state index is 11.6. The van der Waals surface area contributed by atoms with E-state index in [1.54, 1.807) is 14.0 Å². The van der Waals surface area contributed by atoms with Crippen LogP contribution in [0.4, 0.5) is 0 Å². The fourth-order valence-electron chi connectivity index (χ4n) is 1.76. The van der Waals surface area contributed by atoms with Crippen LogP contribution in [0, 0.1) is 0 Å². The van der Waals surface area contributed by atoms with Crippen LogP contribution in [-0.4, -0.2) is 21.0 Å². The molecule has 17 heavy (non-hydrogen) atoms. The number of carbonyl (C=O) groups excluding carboxylic acids is 1. The predicted molar refractivity (Wildman–Crippen MR) is 74.9 cm³/mol. The first-order valence-corrected chi connectivity index (χ1v) is 9.72. The Morgan fingerprint density at radius 2 is 1.94 bits per heavy atom. The highest BCUT2D eigenvalue weighted by molar-refractivity contribution is 6.76. The SMILES string of the molecule is COc1ccc(C(C)=O)c(CC[Si](C)(C)C)c1. The Labute approximate surface area is 105 Å². The van der Waals surface area contributed by atoms with Crippen LogP contribution in [-0.2, 0) is 6.42 Å². The molecule has 0 heterocycles. The maximum atomic E-state index is 11.6. The third-order valence-corrected chi connectivity index (χ3v) is 4.59. The van der Waals surface area contributed by atoms with Crippen molar-refractivity contribution >= 4 is 13.9 Å². The molecule has 0 bridgehead atoms. The van der Waals surface area contributed by atoms with E-state index in [0.717, 1.165) is 23.3 Å². The van der Waals surface area contributed by atoms with Crippen molar-refractivity contribution in [2.75, 3.05) is 7.11 Å². The first-order chi connectivity index (χ1) is 7.83. The number of hydrogen-bond donors (Lipinski definition) is 0. The molecular weight excluding hydrogens is 228 g/mol. The van der Waals surface area contributed by atoms with E-state index >= 15 is 0 Å². The summed E-state index contributed by atoms with van der Waals surface area (Å²) in [5, 5.41) is 0. The molecule has 0 aromatic heterocycles. The van der Waals surface area contributed by atoms with Gasteiger partial charge in [0.1, 0.15) is 5.75 Å². The maximum Gasteiger partial charge on any atom is 0.160 e. The average Bonchev–Trinajstić information content (AvgIpc) is 2.24. The summed E-state index contributed by atoms with van der Waals surface area (Å²) in [6.45, 7) is 8.67. The van der Waals surface area contributed by atoms with E-state index in [-0.39, 0.29) is 5.78 Å². The number of ketones is 1. The third-order valence-electron chi connectivity index (χ3n) is 2.84. The Balaban J connectivity index is 2.97. The molecule has 94 valence electrons. The highest BCUT2D eigenvalue weighted by Crippen LogP contribution is 2.22. The first-order valence-electron chi connectivity index (χ1n) is 6.01. The fraction of sp³-hybridized carbons (Fsp3) is 0.500. The topological polar surface area (TPSA) is 26.3 Å². The summed E-state index contributed by atoms with van der Waals surface area (Å²) in [5.74, 6) is 0.971. The molecule has 1 aromatic rings. The van der Waals surface area contributed by atoms with Crippen LogP contribution in [0.25, 0.3) is 0 Å². The third kappa shape index (κ3) is 4.34. The highest BCUT2D eigenvalue weighted by Gasteiger charge is 2.15. The molecular formula is C14H22O2Si. The standard InChI is InChI=1S/C14H22O2Si/c1-11(15)14-7-6-13(16-2)10-12(14)8-9-17(3,4)5/h6-7,10H,8-9H2,1-5H3. The lowest BCUT2D eigenvalue weighted by Gasteiger charge is -2.17. The molecule has 0 spiro atoms. The molecule has 0 aliphatic carbocycles. The van der Waals surface area contributed by atoms with Crippen LogP contribution < -0.4 is 4.74 Å². The van der Waals surface area contributed by atoms with Gasteiger partial charge in [-0.25, -0.2) is 0 Å². The molecule has 0 aliphatic heterocycles. The van der Waals surface area contributed by atoms with Crippen LogP contribution in [0.2, 0.25) is 25.7 Å². The molecule has 1 aromatic carbocycles. The van der Waals surface area contributed by atoms with Crippen molar-refractivity contribution in [1.82, 2.24) is 0 Å². The second-order valence-corrected chi connectivity index (χ2v) is 11.3. The predicted octanol–water partition coefficient (Wildman–Crippen LogP) is 3.78. The van der Waals surface area contributed by atoms with Gasteiger partial charge in [-0.1, -0.05) is 25.7 Å². The molecule has 0 saturated carbocycles. The van der Waals surface area contributed by atoms with Gasteiger partial charge in [0.2, 0.25) is 0 Å². The smallest absolute Gasteiger partial charge is 0.160 e. The van der Waals surface area contributed by atoms with E-state index in [1.165, 1.54) is 6.04 Å². The molecule has 0 amide bonds. The monoisotopic (exact) mass is 250 g/mol.